The Morgan fingerprint density at radius 1 is 1.29 bits per heavy atom. The first-order valence-corrected chi connectivity index (χ1v) is 9.20. The number of hydrogen-bond donors (Lipinski definition) is 1. The summed E-state index contributed by atoms with van der Waals surface area (Å²) in [6.45, 7) is 6.06. The molecule has 128 valence electrons. The van der Waals surface area contributed by atoms with Gasteiger partial charge in [-0.3, -0.25) is 9.00 Å². The molecule has 1 amide bonds. The van der Waals surface area contributed by atoms with Gasteiger partial charge in [0.1, 0.15) is 11.6 Å². The van der Waals surface area contributed by atoms with E-state index in [1.165, 1.54) is 7.11 Å². The van der Waals surface area contributed by atoms with Crippen LogP contribution in [-0.4, -0.2) is 27.0 Å². The lowest BCUT2D eigenvalue weighted by Gasteiger charge is -2.23. The van der Waals surface area contributed by atoms with Crippen molar-refractivity contribution in [3.05, 3.63) is 41.1 Å². The van der Waals surface area contributed by atoms with Crippen LogP contribution in [-0.2, 0) is 27.8 Å². The number of carbonyl (C=O) groups is 1. The predicted octanol–water partition coefficient (Wildman–Crippen LogP) is 2.66. The molecule has 1 N–H and O–H groups in total. The minimum Gasteiger partial charge on any atom is -0.496 e. The number of rotatable bonds is 3. The van der Waals surface area contributed by atoms with Crippen molar-refractivity contribution >= 4 is 22.5 Å². The van der Waals surface area contributed by atoms with E-state index in [1.54, 1.807) is 22.9 Å². The number of aromatic nitrogens is 2. The first-order valence-electron chi connectivity index (χ1n) is 7.72. The minimum absolute atomic E-state index is 0.265. The lowest BCUT2D eigenvalue weighted by molar-refractivity contribution is 0.102. The molecule has 0 saturated carbocycles. The first-order chi connectivity index (χ1) is 11.3. The Bertz CT molecular complexity index is 821. The summed E-state index contributed by atoms with van der Waals surface area (Å²) in [6, 6.07) is 7.06. The van der Waals surface area contributed by atoms with Gasteiger partial charge >= 0.3 is 0 Å². The average Bonchev–Trinajstić information content (AvgIpc) is 3.04. The Labute approximate surface area is 143 Å². The molecule has 0 aliphatic carbocycles. The Morgan fingerprint density at radius 2 is 2.00 bits per heavy atom. The molecular formula is C17H21N3O3S. The van der Waals surface area contributed by atoms with Crippen molar-refractivity contribution in [3.8, 4) is 5.75 Å². The number of benzene rings is 1. The Morgan fingerprint density at radius 3 is 2.67 bits per heavy atom. The number of hydrogen-bond acceptors (Lipinski definition) is 4. The molecular weight excluding hydrogens is 326 g/mol. The molecule has 6 nitrogen and oxygen atoms in total. The Kier molecular flexibility index (Phi) is 4.21. The normalized spacial score (nSPS) is 16.8. The third kappa shape index (κ3) is 2.96. The molecule has 1 aliphatic heterocycles. The highest BCUT2D eigenvalue weighted by atomic mass is 32.2. The topological polar surface area (TPSA) is 73.2 Å². The number of methoxy groups -OCH3 is 1. The SMILES string of the molecule is COc1ccccc1C(=O)Nc1c2c(nn1C(C)(C)C)C[S@](=O)C2. The van der Waals surface area contributed by atoms with Crippen LogP contribution in [0.25, 0.3) is 0 Å². The molecule has 24 heavy (non-hydrogen) atoms. The fraction of sp³-hybridized carbons (Fsp3) is 0.412. The van der Waals surface area contributed by atoms with Crippen LogP contribution in [0.1, 0.15) is 42.4 Å². The number of ether oxygens (including phenoxy) is 1. The summed E-state index contributed by atoms with van der Waals surface area (Å²) < 4.78 is 18.9. The largest absolute Gasteiger partial charge is 0.496 e. The van der Waals surface area contributed by atoms with Gasteiger partial charge in [0.05, 0.1) is 35.4 Å². The summed E-state index contributed by atoms with van der Waals surface area (Å²) in [5, 5.41) is 7.54. The van der Waals surface area contributed by atoms with Gasteiger partial charge in [-0.2, -0.15) is 5.10 Å². The van der Waals surface area contributed by atoms with Gasteiger partial charge in [-0.25, -0.2) is 4.68 Å². The number of carbonyl (C=O) groups excluding carboxylic acids is 1. The number of nitrogens with one attached hydrogen (secondary N) is 1. The first kappa shape index (κ1) is 16.7. The van der Waals surface area contributed by atoms with Crippen LogP contribution in [0.15, 0.2) is 24.3 Å². The van der Waals surface area contributed by atoms with Crippen molar-refractivity contribution in [2.24, 2.45) is 0 Å². The molecule has 1 atom stereocenters. The molecule has 2 aromatic rings. The second-order valence-corrected chi connectivity index (χ2v) is 8.20. The number of nitrogens with zero attached hydrogens (tertiary/aromatic N) is 2. The highest BCUT2D eigenvalue weighted by Gasteiger charge is 2.31. The maximum Gasteiger partial charge on any atom is 0.260 e. The van der Waals surface area contributed by atoms with Crippen LogP contribution >= 0.6 is 0 Å². The molecule has 0 bridgehead atoms. The summed E-state index contributed by atoms with van der Waals surface area (Å²) >= 11 is 0. The van der Waals surface area contributed by atoms with Crippen LogP contribution in [0, 0.1) is 0 Å². The molecule has 0 spiro atoms. The Balaban J connectivity index is 2.01. The quantitative estimate of drug-likeness (QED) is 0.926. The van der Waals surface area contributed by atoms with Crippen LogP contribution in [0.3, 0.4) is 0 Å². The summed E-state index contributed by atoms with van der Waals surface area (Å²) in [5.41, 5.74) is 1.83. The lowest BCUT2D eigenvalue weighted by atomic mass is 10.1. The highest BCUT2D eigenvalue weighted by molar-refractivity contribution is 7.83. The predicted molar refractivity (Wildman–Crippen MR) is 93.7 cm³/mol. The van der Waals surface area contributed by atoms with Crippen LogP contribution in [0.4, 0.5) is 5.82 Å². The zero-order valence-electron chi connectivity index (χ0n) is 14.3. The third-order valence-corrected chi connectivity index (χ3v) is 5.09. The smallest absolute Gasteiger partial charge is 0.260 e. The third-order valence-electron chi connectivity index (χ3n) is 3.89. The second kappa shape index (κ2) is 6.05. The molecule has 1 aromatic carbocycles. The standard InChI is InChI=1S/C17H21N3O3S/c1-17(2,3)20-15(12-9-24(22)10-13(12)19-20)18-16(21)11-7-5-6-8-14(11)23-4/h5-8H,9-10H2,1-4H3,(H,18,21)/t24-/m1/s1. The van der Waals surface area contributed by atoms with Gasteiger partial charge in [-0.15, -0.1) is 0 Å². The van der Waals surface area contributed by atoms with Gasteiger partial charge in [0.2, 0.25) is 0 Å². The van der Waals surface area contributed by atoms with Crippen molar-refractivity contribution in [3.63, 3.8) is 0 Å². The van der Waals surface area contributed by atoms with E-state index < -0.39 is 10.8 Å². The van der Waals surface area contributed by atoms with Gasteiger partial charge in [-0.1, -0.05) is 12.1 Å². The van der Waals surface area contributed by atoms with E-state index in [2.05, 4.69) is 10.4 Å². The lowest BCUT2D eigenvalue weighted by Crippen LogP contribution is -2.27. The van der Waals surface area contributed by atoms with Crippen LogP contribution in [0.5, 0.6) is 5.75 Å². The molecule has 1 aliphatic rings. The molecule has 0 saturated heterocycles. The van der Waals surface area contributed by atoms with Gasteiger partial charge in [0.25, 0.3) is 5.91 Å². The Hall–Kier alpha value is -2.15. The summed E-state index contributed by atoms with van der Waals surface area (Å²) in [5.74, 6) is 1.73. The second-order valence-electron chi connectivity index (χ2n) is 6.74. The van der Waals surface area contributed by atoms with E-state index >= 15 is 0 Å². The minimum atomic E-state index is -0.951. The summed E-state index contributed by atoms with van der Waals surface area (Å²) in [7, 11) is 0.583. The van der Waals surface area contributed by atoms with Crippen LogP contribution < -0.4 is 10.1 Å². The number of amides is 1. The zero-order valence-corrected chi connectivity index (χ0v) is 15.1. The maximum absolute atomic E-state index is 12.7. The van der Waals surface area contributed by atoms with E-state index in [9.17, 15) is 9.00 Å². The molecule has 7 heteroatoms. The molecule has 1 aromatic heterocycles. The fourth-order valence-corrected chi connectivity index (χ4v) is 4.01. The number of anilines is 1. The van der Waals surface area contributed by atoms with Crippen molar-refractivity contribution in [2.45, 2.75) is 37.8 Å². The molecule has 2 heterocycles. The van der Waals surface area contributed by atoms with Gasteiger partial charge in [-0.05, 0) is 32.9 Å². The van der Waals surface area contributed by atoms with E-state index in [0.29, 0.717) is 28.6 Å². The maximum atomic E-state index is 12.7. The van der Waals surface area contributed by atoms with Gasteiger partial charge in [0.15, 0.2) is 0 Å². The van der Waals surface area contributed by atoms with Gasteiger partial charge in [0, 0.05) is 16.4 Å². The highest BCUT2D eigenvalue weighted by Crippen LogP contribution is 2.33. The average molecular weight is 347 g/mol. The molecule has 0 radical (unpaired) electrons. The van der Waals surface area contributed by atoms with Crippen LogP contribution in [0.2, 0.25) is 0 Å². The fourth-order valence-electron chi connectivity index (χ4n) is 2.75. The van der Waals surface area contributed by atoms with Crippen molar-refractivity contribution in [1.29, 1.82) is 0 Å². The van der Waals surface area contributed by atoms with E-state index in [0.717, 1.165) is 11.3 Å². The van der Waals surface area contributed by atoms with E-state index in [1.807, 2.05) is 26.8 Å². The van der Waals surface area contributed by atoms with Crippen molar-refractivity contribution < 1.29 is 13.7 Å². The number of para-hydroxylation sites is 1. The molecule has 0 unspecified atom stereocenters. The number of fused-ring (bicyclic) bond motifs is 1. The van der Waals surface area contributed by atoms with E-state index in [-0.39, 0.29) is 11.4 Å². The molecule has 0 fully saturated rings. The van der Waals surface area contributed by atoms with Gasteiger partial charge < -0.3 is 10.1 Å². The zero-order chi connectivity index (χ0) is 17.5. The monoisotopic (exact) mass is 347 g/mol. The van der Waals surface area contributed by atoms with E-state index in [4.69, 9.17) is 4.74 Å². The summed E-state index contributed by atoms with van der Waals surface area (Å²) in [6.07, 6.45) is 0. The van der Waals surface area contributed by atoms with Crippen molar-refractivity contribution in [1.82, 2.24) is 9.78 Å². The summed E-state index contributed by atoms with van der Waals surface area (Å²) in [4.78, 5) is 12.7. The molecule has 3 rings (SSSR count). The van der Waals surface area contributed by atoms with Crippen molar-refractivity contribution in [2.75, 3.05) is 12.4 Å².